The Bertz CT molecular complexity index is 33.9. The largest absolute Gasteiger partial charge is 0.317 e. The van der Waals surface area contributed by atoms with Crippen LogP contribution in [-0.4, -0.2) is 11.2 Å². The van der Waals surface area contributed by atoms with Crippen molar-refractivity contribution >= 4 is 0 Å². The van der Waals surface area contributed by atoms with Gasteiger partial charge in [0.05, 0.1) is 0 Å². The molecule has 0 bridgehead atoms. The number of hydrogen-bond acceptors (Lipinski definition) is 2. The number of nitrogens with one attached hydrogen (secondary N) is 1. The fourth-order valence-corrected chi connectivity index (χ4v) is 0.212. The van der Waals surface area contributed by atoms with Crippen LogP contribution in [0.25, 0.3) is 0 Å². The summed E-state index contributed by atoms with van der Waals surface area (Å²) in [5.74, 6) is 0. The van der Waals surface area contributed by atoms with E-state index in [-0.39, 0.29) is 0 Å². The maximum absolute atomic E-state index is 7.96. The molecule has 0 saturated heterocycles. The highest BCUT2D eigenvalue weighted by Crippen LogP contribution is 2.16. The fourth-order valence-electron chi connectivity index (χ4n) is 0.212. The highest BCUT2D eigenvalue weighted by atomic mass is 16.5. The third kappa shape index (κ3) is 0.597. The molecule has 1 aliphatic carbocycles. The first-order valence-corrected chi connectivity index (χ1v) is 1.83. The summed E-state index contributed by atoms with van der Waals surface area (Å²) in [6, 6.07) is 0.440. The van der Waals surface area contributed by atoms with Crippen molar-refractivity contribution in [2.75, 3.05) is 0 Å². The molecule has 1 rings (SSSR count). The summed E-state index contributed by atoms with van der Waals surface area (Å²) in [5, 5.41) is 7.96. The zero-order chi connectivity index (χ0) is 3.70. The minimum absolute atomic E-state index is 0.440. The Morgan fingerprint density at radius 2 is 2.20 bits per heavy atom. The minimum Gasteiger partial charge on any atom is -0.317 e. The van der Waals surface area contributed by atoms with Crippen molar-refractivity contribution in [1.29, 1.82) is 0 Å². The summed E-state index contributed by atoms with van der Waals surface area (Å²) in [7, 11) is 0. The summed E-state index contributed by atoms with van der Waals surface area (Å²) < 4.78 is 0. The van der Waals surface area contributed by atoms with Gasteiger partial charge in [0.25, 0.3) is 0 Å². The van der Waals surface area contributed by atoms with Gasteiger partial charge in [-0.2, -0.15) is 0 Å². The molecule has 0 aromatic rings. The predicted molar refractivity (Wildman–Crippen MR) is 17.9 cm³/mol. The monoisotopic (exact) mass is 73.1 g/mol. The third-order valence-electron chi connectivity index (χ3n) is 0.760. The lowest BCUT2D eigenvalue weighted by molar-refractivity contribution is 0.160. The molecule has 1 fully saturated rings. The van der Waals surface area contributed by atoms with Crippen LogP contribution in [0.2, 0.25) is 0 Å². The maximum Gasteiger partial charge on any atom is 0.0320 e. The Labute approximate surface area is 30.8 Å². The van der Waals surface area contributed by atoms with Gasteiger partial charge in [-0.3, -0.25) is 0 Å². The first-order valence-electron chi connectivity index (χ1n) is 1.83. The van der Waals surface area contributed by atoms with Crippen molar-refractivity contribution in [2.45, 2.75) is 18.9 Å². The van der Waals surface area contributed by atoms with Gasteiger partial charge in [0.1, 0.15) is 0 Å². The van der Waals surface area contributed by atoms with E-state index in [0.29, 0.717) is 6.04 Å². The molecular formula is C3H7NO. The zero-order valence-corrected chi connectivity index (χ0v) is 2.94. The van der Waals surface area contributed by atoms with E-state index < -0.39 is 0 Å². The van der Waals surface area contributed by atoms with Crippen LogP contribution >= 0.6 is 0 Å². The average Bonchev–Trinajstić information content (AvgIpc) is 2.12. The van der Waals surface area contributed by atoms with Crippen LogP contribution in [-0.2, 0) is 0 Å². The Balaban J connectivity index is 2.00. The second kappa shape index (κ2) is 0.954. The van der Waals surface area contributed by atoms with Crippen molar-refractivity contribution in [2.24, 2.45) is 0 Å². The van der Waals surface area contributed by atoms with Crippen LogP contribution in [0.15, 0.2) is 0 Å². The minimum atomic E-state index is 0.440. The lowest BCUT2D eigenvalue weighted by Gasteiger charge is -1.79. The number of hydrogen-bond donors (Lipinski definition) is 2. The summed E-state index contributed by atoms with van der Waals surface area (Å²) in [6.45, 7) is 0. The van der Waals surface area contributed by atoms with Crippen molar-refractivity contribution in [3.63, 3.8) is 0 Å². The van der Waals surface area contributed by atoms with E-state index in [0.717, 1.165) is 12.8 Å². The van der Waals surface area contributed by atoms with Crippen LogP contribution < -0.4 is 5.48 Å². The van der Waals surface area contributed by atoms with Gasteiger partial charge < -0.3 is 5.21 Å². The first kappa shape index (κ1) is 3.12. The molecule has 2 nitrogen and oxygen atoms in total. The van der Waals surface area contributed by atoms with E-state index in [4.69, 9.17) is 5.21 Å². The Hall–Kier alpha value is -0.0800. The van der Waals surface area contributed by atoms with Gasteiger partial charge in [0, 0.05) is 6.04 Å². The van der Waals surface area contributed by atoms with Gasteiger partial charge in [0.2, 0.25) is 0 Å². The summed E-state index contributed by atoms with van der Waals surface area (Å²) in [4.78, 5) is 0. The van der Waals surface area contributed by atoms with Gasteiger partial charge in [0.15, 0.2) is 0 Å². The Morgan fingerprint density at radius 1 is 1.60 bits per heavy atom. The normalized spacial score (nSPS) is 23.4. The fraction of sp³-hybridized carbons (Fsp3) is 1.00. The molecule has 0 aliphatic heterocycles. The summed E-state index contributed by atoms with van der Waals surface area (Å²) in [5.41, 5.74) is 2.14. The molecule has 1 saturated carbocycles. The summed E-state index contributed by atoms with van der Waals surface area (Å²) in [6.07, 6.45) is 2.30. The molecule has 2 N–H and O–H groups in total. The highest BCUT2D eigenvalue weighted by Gasteiger charge is 2.18. The quantitative estimate of drug-likeness (QED) is 0.432. The number of hydroxylamine groups is 1. The van der Waals surface area contributed by atoms with E-state index in [2.05, 4.69) is 5.48 Å². The second-order valence-corrected chi connectivity index (χ2v) is 1.40. The van der Waals surface area contributed by atoms with Crippen LogP contribution in [0.1, 0.15) is 12.8 Å². The Morgan fingerprint density at radius 3 is 2.20 bits per heavy atom. The van der Waals surface area contributed by atoms with E-state index in [9.17, 15) is 0 Å². The molecule has 0 atom stereocenters. The maximum atomic E-state index is 7.96. The van der Waals surface area contributed by atoms with Crippen molar-refractivity contribution in [1.82, 2.24) is 5.48 Å². The van der Waals surface area contributed by atoms with Crippen molar-refractivity contribution < 1.29 is 5.21 Å². The van der Waals surface area contributed by atoms with E-state index >= 15 is 0 Å². The SMILES string of the molecule is ONC1CC1. The standard InChI is InChI=1S/C3H7NO/c5-4-3-1-2-3/h3-5H,1-2H2. The summed E-state index contributed by atoms with van der Waals surface area (Å²) >= 11 is 0. The van der Waals surface area contributed by atoms with Gasteiger partial charge >= 0.3 is 0 Å². The van der Waals surface area contributed by atoms with Gasteiger partial charge in [-0.05, 0) is 12.8 Å². The van der Waals surface area contributed by atoms with Crippen LogP contribution in [0.4, 0.5) is 0 Å². The second-order valence-electron chi connectivity index (χ2n) is 1.40. The highest BCUT2D eigenvalue weighted by molar-refractivity contribution is 4.76. The lowest BCUT2D eigenvalue weighted by Crippen LogP contribution is -2.07. The number of rotatable bonds is 1. The molecule has 0 amide bonds. The average molecular weight is 73.1 g/mol. The van der Waals surface area contributed by atoms with Crippen LogP contribution in [0.5, 0.6) is 0 Å². The molecule has 5 heavy (non-hydrogen) atoms. The van der Waals surface area contributed by atoms with Gasteiger partial charge in [-0.15, -0.1) is 0 Å². The van der Waals surface area contributed by atoms with Crippen LogP contribution in [0.3, 0.4) is 0 Å². The molecule has 0 spiro atoms. The molecule has 0 heterocycles. The third-order valence-corrected chi connectivity index (χ3v) is 0.760. The van der Waals surface area contributed by atoms with Gasteiger partial charge in [-0.25, -0.2) is 5.48 Å². The molecule has 0 aromatic heterocycles. The van der Waals surface area contributed by atoms with E-state index in [1.54, 1.807) is 0 Å². The molecule has 1 aliphatic rings. The predicted octanol–water partition coefficient (Wildman–Crippen LogP) is 0.128. The molecule has 0 radical (unpaired) electrons. The van der Waals surface area contributed by atoms with E-state index in [1.165, 1.54) is 0 Å². The van der Waals surface area contributed by atoms with Gasteiger partial charge in [-0.1, -0.05) is 0 Å². The first-order chi connectivity index (χ1) is 2.43. The smallest absolute Gasteiger partial charge is 0.0320 e. The molecule has 30 valence electrons. The lowest BCUT2D eigenvalue weighted by atomic mass is 10.8. The van der Waals surface area contributed by atoms with Crippen molar-refractivity contribution in [3.8, 4) is 0 Å². The Kier molecular flexibility index (Phi) is 0.596. The molecule has 0 aromatic carbocycles. The van der Waals surface area contributed by atoms with E-state index in [1.807, 2.05) is 0 Å². The zero-order valence-electron chi connectivity index (χ0n) is 2.94. The topological polar surface area (TPSA) is 32.3 Å². The van der Waals surface area contributed by atoms with Crippen LogP contribution in [0, 0.1) is 0 Å². The molecule has 2 heteroatoms. The molecule has 0 unspecified atom stereocenters. The van der Waals surface area contributed by atoms with Crippen molar-refractivity contribution in [3.05, 3.63) is 0 Å². The molecular weight excluding hydrogens is 66.0 g/mol.